The number of anilines is 1. The molecule has 0 fully saturated rings. The Hall–Kier alpha value is -2.78. The van der Waals surface area contributed by atoms with Gasteiger partial charge in [-0.15, -0.1) is 0 Å². The van der Waals surface area contributed by atoms with Crippen LogP contribution in [-0.2, 0) is 9.59 Å². The molecule has 0 saturated heterocycles. The molecule has 0 saturated carbocycles. The number of hydrazone groups is 1. The zero-order valence-corrected chi connectivity index (χ0v) is 17.2. The van der Waals surface area contributed by atoms with Crippen molar-refractivity contribution in [2.45, 2.75) is 26.1 Å². The molecule has 30 heavy (non-hydrogen) atoms. The molecular weight excluding hydrogens is 446 g/mol. The predicted octanol–water partition coefficient (Wildman–Crippen LogP) is 4.80. The normalized spacial score (nSPS) is 12.8. The molecule has 6 nitrogen and oxygen atoms in total. The van der Waals surface area contributed by atoms with E-state index in [2.05, 4.69) is 10.5 Å². The lowest BCUT2D eigenvalue weighted by molar-refractivity contribution is -0.167. The Kier molecular flexibility index (Phi) is 7.69. The van der Waals surface area contributed by atoms with Crippen LogP contribution >= 0.6 is 23.2 Å². The molecule has 11 heteroatoms. The maximum Gasteiger partial charge on any atom is 0.471 e. The summed E-state index contributed by atoms with van der Waals surface area (Å²) in [5.41, 5.74) is 3.21. The third-order valence-corrected chi connectivity index (χ3v) is 4.25. The number of carbonyl (C=O) groups excluding carboxylic acids is 2. The van der Waals surface area contributed by atoms with E-state index in [4.69, 9.17) is 27.9 Å². The molecule has 0 aliphatic rings. The molecule has 2 rings (SSSR count). The third-order valence-electron chi connectivity index (χ3n) is 3.72. The standard InChI is InChI=1S/C19H16Cl2F3N3O3/c1-10(12-3-6-14(7-4-12)25-18(29)19(22,23)24)26-27-17(28)11(2)30-16-8-5-13(20)9-15(16)21/h3-9,11H,1-2H3,(H,25,29)(H,27,28)/b26-10-. The molecule has 1 atom stereocenters. The second kappa shape index (κ2) is 9.82. The van der Waals surface area contributed by atoms with E-state index >= 15 is 0 Å². The predicted molar refractivity (Wildman–Crippen MR) is 108 cm³/mol. The lowest BCUT2D eigenvalue weighted by atomic mass is 10.1. The zero-order chi connectivity index (χ0) is 22.5. The van der Waals surface area contributed by atoms with Gasteiger partial charge in [0.05, 0.1) is 10.7 Å². The molecule has 2 aromatic carbocycles. The first kappa shape index (κ1) is 23.5. The molecule has 2 aromatic rings. The molecule has 0 bridgehead atoms. The van der Waals surface area contributed by atoms with E-state index in [0.29, 0.717) is 16.3 Å². The van der Waals surface area contributed by atoms with Crippen molar-refractivity contribution in [2.75, 3.05) is 5.32 Å². The minimum absolute atomic E-state index is 0.0280. The van der Waals surface area contributed by atoms with Gasteiger partial charge in [-0.1, -0.05) is 35.3 Å². The highest BCUT2D eigenvalue weighted by atomic mass is 35.5. The van der Waals surface area contributed by atoms with Crippen LogP contribution < -0.4 is 15.5 Å². The number of carbonyl (C=O) groups is 2. The lowest BCUT2D eigenvalue weighted by Gasteiger charge is -2.14. The number of nitrogens with zero attached hydrogens (tertiary/aromatic N) is 1. The van der Waals surface area contributed by atoms with Crippen molar-refractivity contribution in [2.24, 2.45) is 5.10 Å². The van der Waals surface area contributed by atoms with Gasteiger partial charge >= 0.3 is 12.1 Å². The molecule has 0 aliphatic carbocycles. The molecule has 0 aromatic heterocycles. The average molecular weight is 462 g/mol. The number of alkyl halides is 3. The first-order chi connectivity index (χ1) is 14.0. The number of rotatable bonds is 6. The van der Waals surface area contributed by atoms with E-state index in [-0.39, 0.29) is 16.5 Å². The van der Waals surface area contributed by atoms with Crippen molar-refractivity contribution in [3.63, 3.8) is 0 Å². The van der Waals surface area contributed by atoms with E-state index < -0.39 is 24.1 Å². The molecule has 1 unspecified atom stereocenters. The molecule has 0 heterocycles. The molecule has 0 radical (unpaired) electrons. The van der Waals surface area contributed by atoms with Crippen molar-refractivity contribution in [3.8, 4) is 5.75 Å². The SMILES string of the molecule is C/C(=N/NC(=O)C(C)Oc1ccc(Cl)cc1Cl)c1ccc(NC(=O)C(F)(F)F)cc1. The largest absolute Gasteiger partial charge is 0.479 e. The number of hydrogen-bond donors (Lipinski definition) is 2. The molecule has 0 spiro atoms. The zero-order valence-electron chi connectivity index (χ0n) is 15.7. The summed E-state index contributed by atoms with van der Waals surface area (Å²) >= 11 is 11.8. The number of amides is 2. The fourth-order valence-corrected chi connectivity index (χ4v) is 2.56. The van der Waals surface area contributed by atoms with Crippen LogP contribution in [0.2, 0.25) is 10.0 Å². The highest BCUT2D eigenvalue weighted by Crippen LogP contribution is 2.28. The summed E-state index contributed by atoms with van der Waals surface area (Å²) in [6, 6.07) is 10.0. The second-order valence-corrected chi connectivity index (χ2v) is 6.88. The van der Waals surface area contributed by atoms with Crippen LogP contribution in [0.3, 0.4) is 0 Å². The van der Waals surface area contributed by atoms with Crippen LogP contribution in [0.25, 0.3) is 0 Å². The first-order valence-corrected chi connectivity index (χ1v) is 9.17. The van der Waals surface area contributed by atoms with Gasteiger partial charge in [0.2, 0.25) is 0 Å². The van der Waals surface area contributed by atoms with Gasteiger partial charge in [0.15, 0.2) is 6.10 Å². The van der Waals surface area contributed by atoms with Gasteiger partial charge < -0.3 is 10.1 Å². The smallest absolute Gasteiger partial charge is 0.471 e. The van der Waals surface area contributed by atoms with E-state index in [0.717, 1.165) is 0 Å². The maximum absolute atomic E-state index is 12.3. The van der Waals surface area contributed by atoms with Crippen molar-refractivity contribution in [1.82, 2.24) is 5.43 Å². The molecule has 2 N–H and O–H groups in total. The molecular formula is C19H16Cl2F3N3O3. The summed E-state index contributed by atoms with van der Waals surface area (Å²) in [6.07, 6.45) is -5.89. The fraction of sp³-hybridized carbons (Fsp3) is 0.211. The fourth-order valence-electron chi connectivity index (χ4n) is 2.11. The highest BCUT2D eigenvalue weighted by Gasteiger charge is 2.38. The monoisotopic (exact) mass is 461 g/mol. The van der Waals surface area contributed by atoms with Gasteiger partial charge in [0, 0.05) is 10.7 Å². The Labute approximate surface area is 180 Å². The Morgan fingerprint density at radius 2 is 1.73 bits per heavy atom. The lowest BCUT2D eigenvalue weighted by Crippen LogP contribution is -2.34. The number of ether oxygens (including phenoxy) is 1. The maximum atomic E-state index is 12.3. The number of benzene rings is 2. The van der Waals surface area contributed by atoms with Gasteiger partial charge in [-0.05, 0) is 49.7 Å². The van der Waals surface area contributed by atoms with Crippen LogP contribution in [0.5, 0.6) is 5.75 Å². The quantitative estimate of drug-likeness (QED) is 0.478. The summed E-state index contributed by atoms with van der Waals surface area (Å²) in [4.78, 5) is 23.1. The Balaban J connectivity index is 1.96. The summed E-state index contributed by atoms with van der Waals surface area (Å²) in [6.45, 7) is 3.09. The van der Waals surface area contributed by atoms with Crippen LogP contribution in [0.1, 0.15) is 19.4 Å². The first-order valence-electron chi connectivity index (χ1n) is 8.42. The molecule has 2 amide bonds. The topological polar surface area (TPSA) is 79.8 Å². The number of halogens is 5. The highest BCUT2D eigenvalue weighted by molar-refractivity contribution is 6.35. The number of nitrogens with one attached hydrogen (secondary N) is 2. The van der Waals surface area contributed by atoms with Crippen LogP contribution in [0.4, 0.5) is 18.9 Å². The van der Waals surface area contributed by atoms with Crippen molar-refractivity contribution in [3.05, 3.63) is 58.1 Å². The minimum atomic E-state index is -4.98. The minimum Gasteiger partial charge on any atom is -0.479 e. The van der Waals surface area contributed by atoms with E-state index in [1.54, 1.807) is 18.3 Å². The van der Waals surface area contributed by atoms with Gasteiger partial charge in [-0.2, -0.15) is 18.3 Å². The van der Waals surface area contributed by atoms with E-state index in [9.17, 15) is 22.8 Å². The summed E-state index contributed by atoms with van der Waals surface area (Å²) < 4.78 is 42.3. The van der Waals surface area contributed by atoms with Crippen LogP contribution in [0, 0.1) is 0 Å². The van der Waals surface area contributed by atoms with E-state index in [1.807, 2.05) is 0 Å². The van der Waals surface area contributed by atoms with E-state index in [1.165, 1.54) is 43.3 Å². The summed E-state index contributed by atoms with van der Waals surface area (Å²) in [7, 11) is 0. The Morgan fingerprint density at radius 1 is 1.10 bits per heavy atom. The summed E-state index contributed by atoms with van der Waals surface area (Å²) in [5, 5.41) is 6.35. The van der Waals surface area contributed by atoms with Gasteiger partial charge in [-0.25, -0.2) is 5.43 Å². The second-order valence-electron chi connectivity index (χ2n) is 6.04. The van der Waals surface area contributed by atoms with Crippen molar-refractivity contribution in [1.29, 1.82) is 0 Å². The van der Waals surface area contributed by atoms with Crippen LogP contribution in [-0.4, -0.2) is 29.8 Å². The van der Waals surface area contributed by atoms with Crippen molar-refractivity contribution < 1.29 is 27.5 Å². The van der Waals surface area contributed by atoms with Crippen LogP contribution in [0.15, 0.2) is 47.6 Å². The van der Waals surface area contributed by atoms with Gasteiger partial charge in [0.1, 0.15) is 5.75 Å². The third kappa shape index (κ3) is 6.64. The average Bonchev–Trinajstić information content (AvgIpc) is 2.67. The van der Waals surface area contributed by atoms with Gasteiger partial charge in [-0.3, -0.25) is 9.59 Å². The molecule has 0 aliphatic heterocycles. The number of hydrogen-bond acceptors (Lipinski definition) is 4. The van der Waals surface area contributed by atoms with Gasteiger partial charge in [0.25, 0.3) is 5.91 Å². The Bertz CT molecular complexity index is 964. The Morgan fingerprint density at radius 3 is 2.30 bits per heavy atom. The van der Waals surface area contributed by atoms with Crippen molar-refractivity contribution >= 4 is 46.4 Å². The summed E-state index contributed by atoms with van der Waals surface area (Å²) in [5.74, 6) is -2.34. The molecule has 160 valence electrons.